The largest absolute Gasteiger partial charge is 0.493 e. The van der Waals surface area contributed by atoms with Crippen LogP contribution in [0.25, 0.3) is 0 Å². The number of nitrogens with zero attached hydrogens (tertiary/aromatic N) is 2. The number of ether oxygens (including phenoxy) is 1. The van der Waals surface area contributed by atoms with Crippen molar-refractivity contribution in [3.05, 3.63) is 65.7 Å². The van der Waals surface area contributed by atoms with Crippen LogP contribution in [0.5, 0.6) is 5.75 Å². The molecule has 36 heavy (non-hydrogen) atoms. The lowest BCUT2D eigenvalue weighted by molar-refractivity contribution is -0.146. The van der Waals surface area contributed by atoms with E-state index in [0.29, 0.717) is 31.9 Å². The molecule has 2 aliphatic heterocycles. The van der Waals surface area contributed by atoms with Crippen molar-refractivity contribution in [2.75, 3.05) is 13.2 Å². The van der Waals surface area contributed by atoms with E-state index in [1.54, 1.807) is 4.90 Å². The Bertz CT molecular complexity index is 1070. The molecular formula is C30H36N2O4. The van der Waals surface area contributed by atoms with Crippen LogP contribution in [0.3, 0.4) is 0 Å². The van der Waals surface area contributed by atoms with E-state index < -0.39 is 6.04 Å². The summed E-state index contributed by atoms with van der Waals surface area (Å²) >= 11 is 0. The summed E-state index contributed by atoms with van der Waals surface area (Å²) in [6.07, 6.45) is 8.14. The highest BCUT2D eigenvalue weighted by atomic mass is 16.5. The number of aldehydes is 1. The Hall–Kier alpha value is -3.15. The lowest BCUT2D eigenvalue weighted by atomic mass is 10.0. The van der Waals surface area contributed by atoms with Crippen LogP contribution in [0.15, 0.2) is 54.6 Å². The van der Waals surface area contributed by atoms with Gasteiger partial charge in [-0.3, -0.25) is 9.59 Å². The Morgan fingerprint density at radius 2 is 1.78 bits per heavy atom. The number of fused-ring (bicyclic) bond motifs is 1. The van der Waals surface area contributed by atoms with Crippen LogP contribution < -0.4 is 4.74 Å². The molecule has 0 unspecified atom stereocenters. The fourth-order valence-corrected chi connectivity index (χ4v) is 6.41. The lowest BCUT2D eigenvalue weighted by Gasteiger charge is -2.32. The van der Waals surface area contributed by atoms with Crippen LogP contribution in [0.4, 0.5) is 0 Å². The average molecular weight is 489 g/mol. The van der Waals surface area contributed by atoms with E-state index in [0.717, 1.165) is 62.5 Å². The second-order valence-corrected chi connectivity index (χ2v) is 10.4. The number of rotatable bonds is 9. The van der Waals surface area contributed by atoms with Crippen molar-refractivity contribution < 1.29 is 19.1 Å². The van der Waals surface area contributed by atoms with Gasteiger partial charge in [0.2, 0.25) is 11.8 Å². The van der Waals surface area contributed by atoms with Crippen LogP contribution in [-0.4, -0.2) is 59.2 Å². The molecule has 2 aromatic carbocycles. The van der Waals surface area contributed by atoms with Crippen LogP contribution in [-0.2, 0) is 20.8 Å². The molecule has 5 rings (SSSR count). The first-order valence-electron chi connectivity index (χ1n) is 13.5. The minimum atomic E-state index is -0.416. The van der Waals surface area contributed by atoms with E-state index in [2.05, 4.69) is 18.2 Å². The minimum absolute atomic E-state index is 0.0292. The second-order valence-electron chi connectivity index (χ2n) is 10.4. The zero-order chi connectivity index (χ0) is 24.9. The highest BCUT2D eigenvalue weighted by molar-refractivity contribution is 5.90. The van der Waals surface area contributed by atoms with Gasteiger partial charge in [0.25, 0.3) is 0 Å². The Morgan fingerprint density at radius 3 is 2.61 bits per heavy atom. The van der Waals surface area contributed by atoms with Gasteiger partial charge in [0.15, 0.2) is 0 Å². The smallest absolute Gasteiger partial charge is 0.246 e. The van der Waals surface area contributed by atoms with E-state index in [1.165, 1.54) is 5.56 Å². The fraction of sp³-hybridized carbons (Fsp3) is 0.500. The first-order valence-corrected chi connectivity index (χ1v) is 13.5. The molecule has 0 N–H and O–H groups in total. The first kappa shape index (κ1) is 24.5. The topological polar surface area (TPSA) is 66.9 Å². The van der Waals surface area contributed by atoms with Gasteiger partial charge in [-0.2, -0.15) is 0 Å². The van der Waals surface area contributed by atoms with Crippen molar-refractivity contribution in [1.29, 1.82) is 0 Å². The van der Waals surface area contributed by atoms with Gasteiger partial charge in [0.1, 0.15) is 18.1 Å². The first-order chi connectivity index (χ1) is 17.7. The Kier molecular flexibility index (Phi) is 7.69. The van der Waals surface area contributed by atoms with Crippen molar-refractivity contribution in [2.45, 2.75) is 75.9 Å². The third-order valence-electron chi connectivity index (χ3n) is 8.15. The molecule has 0 spiro atoms. The molecule has 2 saturated heterocycles. The van der Waals surface area contributed by atoms with Crippen LogP contribution in [0.2, 0.25) is 0 Å². The van der Waals surface area contributed by atoms with Crippen molar-refractivity contribution >= 4 is 18.1 Å². The molecule has 0 radical (unpaired) electrons. The molecule has 3 aliphatic rings. The summed E-state index contributed by atoms with van der Waals surface area (Å²) in [5.41, 5.74) is 2.36. The van der Waals surface area contributed by atoms with Gasteiger partial charge >= 0.3 is 0 Å². The van der Waals surface area contributed by atoms with Crippen molar-refractivity contribution in [2.24, 2.45) is 5.92 Å². The summed E-state index contributed by atoms with van der Waals surface area (Å²) in [6, 6.07) is 17.8. The Labute approximate surface area is 213 Å². The van der Waals surface area contributed by atoms with Crippen molar-refractivity contribution in [3.8, 4) is 5.75 Å². The fourth-order valence-electron chi connectivity index (χ4n) is 6.41. The predicted molar refractivity (Wildman–Crippen MR) is 138 cm³/mol. The maximum absolute atomic E-state index is 13.4. The monoisotopic (exact) mass is 488 g/mol. The average Bonchev–Trinajstić information content (AvgIpc) is 3.63. The number of carbonyl (C=O) groups is 3. The SMILES string of the molecule is O=C[C@@H]1CCCN1C(=O)[C@@H]1C[C@@H]2CCC[C@@H]2N1C(=O)CCCOc1ccccc1Cc1ccccc1. The second kappa shape index (κ2) is 11.3. The molecule has 2 heterocycles. The molecule has 0 bridgehead atoms. The van der Waals surface area contributed by atoms with Gasteiger partial charge in [-0.25, -0.2) is 0 Å². The number of benzene rings is 2. The molecule has 2 amide bonds. The number of hydrogen-bond acceptors (Lipinski definition) is 4. The van der Waals surface area contributed by atoms with Gasteiger partial charge in [-0.1, -0.05) is 55.0 Å². The summed E-state index contributed by atoms with van der Waals surface area (Å²) in [5, 5.41) is 0. The lowest BCUT2D eigenvalue weighted by Crippen LogP contribution is -2.51. The molecule has 2 aromatic rings. The predicted octanol–water partition coefficient (Wildman–Crippen LogP) is 4.40. The van der Waals surface area contributed by atoms with Crippen LogP contribution in [0.1, 0.15) is 62.5 Å². The maximum atomic E-state index is 13.4. The molecule has 6 nitrogen and oxygen atoms in total. The Morgan fingerprint density at radius 1 is 0.972 bits per heavy atom. The number of para-hydroxylation sites is 1. The molecule has 0 aromatic heterocycles. The van der Waals surface area contributed by atoms with Gasteiger partial charge in [-0.15, -0.1) is 0 Å². The van der Waals surface area contributed by atoms with Crippen LogP contribution in [0, 0.1) is 5.92 Å². The zero-order valence-corrected chi connectivity index (χ0v) is 20.9. The summed E-state index contributed by atoms with van der Waals surface area (Å²) in [6.45, 7) is 1.07. The number of amides is 2. The number of carbonyl (C=O) groups excluding carboxylic acids is 3. The van der Waals surface area contributed by atoms with E-state index in [4.69, 9.17) is 4.74 Å². The van der Waals surface area contributed by atoms with Gasteiger partial charge in [0, 0.05) is 25.4 Å². The molecule has 3 fully saturated rings. The van der Waals surface area contributed by atoms with Crippen molar-refractivity contribution in [1.82, 2.24) is 9.80 Å². The third kappa shape index (κ3) is 5.18. The standard InChI is InChI=1S/C30H36N2O4/c33-21-25-13-7-17-31(25)30(35)27-20-23-12-6-14-26(23)32(27)29(34)16-8-18-36-28-15-5-4-11-24(28)19-22-9-2-1-3-10-22/h1-5,9-11,15,21,23,25-27H,6-8,12-14,16-20H2/t23-,25-,26-,27-/m0/s1. The summed E-state index contributed by atoms with van der Waals surface area (Å²) in [4.78, 5) is 41.9. The summed E-state index contributed by atoms with van der Waals surface area (Å²) < 4.78 is 6.11. The number of hydrogen-bond donors (Lipinski definition) is 0. The van der Waals surface area contributed by atoms with Crippen LogP contribution >= 0.6 is 0 Å². The quantitative estimate of drug-likeness (QED) is 0.388. The highest BCUT2D eigenvalue weighted by Gasteiger charge is 2.50. The normalized spacial score (nSPS) is 25.1. The van der Waals surface area contributed by atoms with Gasteiger partial charge in [-0.05, 0) is 61.6 Å². The molecular weight excluding hydrogens is 452 g/mol. The zero-order valence-electron chi connectivity index (χ0n) is 20.9. The van der Waals surface area contributed by atoms with Crippen molar-refractivity contribution in [3.63, 3.8) is 0 Å². The Balaban J connectivity index is 1.19. The van der Waals surface area contributed by atoms with Gasteiger partial charge in [0.05, 0.1) is 12.6 Å². The summed E-state index contributed by atoms with van der Waals surface area (Å²) in [5.74, 6) is 1.28. The molecule has 190 valence electrons. The number of likely N-dealkylation sites (tertiary alicyclic amines) is 2. The van der Waals surface area contributed by atoms with E-state index >= 15 is 0 Å². The maximum Gasteiger partial charge on any atom is 0.246 e. The molecule has 6 heteroatoms. The molecule has 1 aliphatic carbocycles. The molecule has 1 saturated carbocycles. The molecule has 4 atom stereocenters. The van der Waals surface area contributed by atoms with E-state index in [1.807, 2.05) is 41.3 Å². The highest BCUT2D eigenvalue weighted by Crippen LogP contribution is 2.42. The minimum Gasteiger partial charge on any atom is -0.493 e. The van der Waals surface area contributed by atoms with E-state index in [-0.39, 0.29) is 23.9 Å². The van der Waals surface area contributed by atoms with E-state index in [9.17, 15) is 14.4 Å². The van der Waals surface area contributed by atoms with Gasteiger partial charge < -0.3 is 19.3 Å². The summed E-state index contributed by atoms with van der Waals surface area (Å²) in [7, 11) is 0. The third-order valence-corrected chi connectivity index (χ3v) is 8.15.